The van der Waals surface area contributed by atoms with Crippen LogP contribution in [0, 0.1) is 0 Å². The van der Waals surface area contributed by atoms with E-state index in [1.54, 1.807) is 24.2 Å². The van der Waals surface area contributed by atoms with Crippen molar-refractivity contribution < 1.29 is 17.9 Å². The van der Waals surface area contributed by atoms with E-state index in [9.17, 15) is 13.2 Å². The maximum absolute atomic E-state index is 12.4. The third-order valence-electron chi connectivity index (χ3n) is 3.63. The molecule has 1 fully saturated rings. The summed E-state index contributed by atoms with van der Waals surface area (Å²) < 4.78 is 31.5. The Hall–Kier alpha value is -1.19. The first-order valence-corrected chi connectivity index (χ1v) is 8.90. The number of hydrogen-bond donors (Lipinski definition) is 0. The lowest BCUT2D eigenvalue weighted by molar-refractivity contribution is -0.121. The van der Waals surface area contributed by atoms with Crippen LogP contribution in [0.5, 0.6) is 5.75 Å². The molecule has 0 saturated carbocycles. The van der Waals surface area contributed by atoms with Gasteiger partial charge in [-0.1, -0.05) is 0 Å². The van der Waals surface area contributed by atoms with E-state index < -0.39 is 10.0 Å². The molecule has 0 bridgehead atoms. The summed E-state index contributed by atoms with van der Waals surface area (Å²) in [7, 11) is -3.38. The summed E-state index contributed by atoms with van der Waals surface area (Å²) >= 11 is 3.34. The van der Waals surface area contributed by atoms with Crippen LogP contribution < -0.4 is 9.64 Å². The number of rotatable bonds is 2. The van der Waals surface area contributed by atoms with Crippen LogP contribution in [0.1, 0.15) is 6.92 Å². The normalized spacial score (nSPS) is 22.5. The summed E-state index contributed by atoms with van der Waals surface area (Å²) in [6, 6.07) is -0.323. The van der Waals surface area contributed by atoms with Gasteiger partial charge in [-0.2, -0.15) is 4.31 Å². The highest BCUT2D eigenvalue weighted by Gasteiger charge is 2.42. The van der Waals surface area contributed by atoms with Crippen molar-refractivity contribution in [1.82, 2.24) is 9.29 Å². The Morgan fingerprint density at radius 1 is 1.48 bits per heavy atom. The molecule has 9 heteroatoms. The van der Waals surface area contributed by atoms with Gasteiger partial charge in [0.2, 0.25) is 15.9 Å². The van der Waals surface area contributed by atoms with Gasteiger partial charge in [0.05, 0.1) is 29.0 Å². The van der Waals surface area contributed by atoms with Crippen molar-refractivity contribution in [3.63, 3.8) is 0 Å². The number of carbonyl (C=O) groups excluding carboxylic acids is 1. The Bertz CT molecular complexity index is 694. The van der Waals surface area contributed by atoms with Crippen molar-refractivity contribution in [3.8, 4) is 5.75 Å². The number of pyridine rings is 1. The molecule has 3 rings (SSSR count). The summed E-state index contributed by atoms with van der Waals surface area (Å²) in [5, 5.41) is 0. The topological polar surface area (TPSA) is 79.8 Å². The van der Waals surface area contributed by atoms with Gasteiger partial charge in [0.1, 0.15) is 12.3 Å². The van der Waals surface area contributed by atoms with Crippen LogP contribution in [0.4, 0.5) is 5.69 Å². The van der Waals surface area contributed by atoms with E-state index in [4.69, 9.17) is 4.74 Å². The zero-order valence-electron chi connectivity index (χ0n) is 11.3. The van der Waals surface area contributed by atoms with E-state index in [0.29, 0.717) is 15.9 Å². The van der Waals surface area contributed by atoms with Crippen molar-refractivity contribution in [2.24, 2.45) is 0 Å². The van der Waals surface area contributed by atoms with Gasteiger partial charge in [-0.15, -0.1) is 0 Å². The van der Waals surface area contributed by atoms with Gasteiger partial charge in [-0.05, 0) is 22.9 Å². The van der Waals surface area contributed by atoms with Gasteiger partial charge in [-0.25, -0.2) is 8.42 Å². The lowest BCUT2D eigenvalue weighted by Gasteiger charge is -2.43. The molecule has 114 valence electrons. The third kappa shape index (κ3) is 2.43. The second-order valence-electron chi connectivity index (χ2n) is 4.89. The fraction of sp³-hybridized carbons (Fsp3) is 0.500. The first kappa shape index (κ1) is 14.7. The van der Waals surface area contributed by atoms with E-state index in [0.717, 1.165) is 0 Å². The van der Waals surface area contributed by atoms with E-state index in [2.05, 4.69) is 20.9 Å². The molecule has 1 amide bonds. The van der Waals surface area contributed by atoms with E-state index in [1.165, 1.54) is 4.31 Å². The zero-order chi connectivity index (χ0) is 15.2. The van der Waals surface area contributed by atoms with Gasteiger partial charge in [-0.3, -0.25) is 14.7 Å². The molecule has 3 heterocycles. The quantitative estimate of drug-likeness (QED) is 0.756. The Morgan fingerprint density at radius 2 is 2.24 bits per heavy atom. The number of halogens is 1. The Balaban J connectivity index is 1.96. The summed E-state index contributed by atoms with van der Waals surface area (Å²) in [6.07, 6.45) is 3.16. The number of ether oxygens (including phenoxy) is 1. The van der Waals surface area contributed by atoms with Crippen LogP contribution in [0.2, 0.25) is 0 Å². The van der Waals surface area contributed by atoms with Crippen LogP contribution in [-0.4, -0.2) is 55.1 Å². The molecule has 7 nitrogen and oxygen atoms in total. The van der Waals surface area contributed by atoms with Crippen LogP contribution in [0.15, 0.2) is 16.9 Å². The average molecular weight is 376 g/mol. The number of carbonyl (C=O) groups is 1. The van der Waals surface area contributed by atoms with Gasteiger partial charge < -0.3 is 4.74 Å². The summed E-state index contributed by atoms with van der Waals surface area (Å²) in [4.78, 5) is 18.0. The standard InChI is InChI=1S/C12H14BrN3O4S/c1-2-21(18,19)15-5-8-7-20-12-9(13)3-14-4-10(12)16(8)11(17)6-15/h3-4,8H,2,5-7H2,1H3. The number of piperazine rings is 1. The molecule has 0 N–H and O–H groups in total. The predicted octanol–water partition coefficient (Wildman–Crippen LogP) is 0.603. The molecule has 1 atom stereocenters. The molecule has 0 aliphatic carbocycles. The second-order valence-corrected chi connectivity index (χ2v) is 8.00. The number of amides is 1. The largest absolute Gasteiger partial charge is 0.488 e. The molecule has 1 saturated heterocycles. The average Bonchev–Trinajstić information content (AvgIpc) is 2.46. The highest BCUT2D eigenvalue weighted by molar-refractivity contribution is 9.10. The van der Waals surface area contributed by atoms with Gasteiger partial charge in [0, 0.05) is 12.7 Å². The first-order chi connectivity index (χ1) is 9.94. The van der Waals surface area contributed by atoms with Crippen molar-refractivity contribution >= 4 is 37.5 Å². The molecule has 0 radical (unpaired) electrons. The molecule has 2 aliphatic heterocycles. The minimum atomic E-state index is -3.38. The minimum absolute atomic E-state index is 0.0163. The molecular weight excluding hydrogens is 362 g/mol. The maximum atomic E-state index is 12.4. The monoisotopic (exact) mass is 375 g/mol. The van der Waals surface area contributed by atoms with E-state index in [-0.39, 0.29) is 37.4 Å². The van der Waals surface area contributed by atoms with Crippen LogP contribution in [0.25, 0.3) is 0 Å². The minimum Gasteiger partial charge on any atom is -0.488 e. The van der Waals surface area contributed by atoms with Crippen molar-refractivity contribution in [2.45, 2.75) is 13.0 Å². The number of aromatic nitrogens is 1. The first-order valence-electron chi connectivity index (χ1n) is 6.50. The molecule has 2 aliphatic rings. The SMILES string of the molecule is CCS(=O)(=O)N1CC(=O)N2c3cncc(Br)c3OCC2C1. The van der Waals surface area contributed by atoms with Gasteiger partial charge in [0.25, 0.3) is 0 Å². The number of hydrogen-bond acceptors (Lipinski definition) is 5. The molecule has 1 unspecified atom stereocenters. The van der Waals surface area contributed by atoms with Crippen LogP contribution in [0.3, 0.4) is 0 Å². The van der Waals surface area contributed by atoms with Gasteiger partial charge >= 0.3 is 0 Å². The highest BCUT2D eigenvalue weighted by Crippen LogP contribution is 2.40. The smallest absolute Gasteiger partial charge is 0.242 e. The Kier molecular flexibility index (Phi) is 3.66. The van der Waals surface area contributed by atoms with Crippen LogP contribution >= 0.6 is 15.9 Å². The lowest BCUT2D eigenvalue weighted by Crippen LogP contribution is -2.61. The molecule has 0 aromatic carbocycles. The van der Waals surface area contributed by atoms with Crippen molar-refractivity contribution in [2.75, 3.05) is 30.3 Å². The zero-order valence-corrected chi connectivity index (χ0v) is 13.7. The lowest BCUT2D eigenvalue weighted by atomic mass is 10.1. The third-order valence-corrected chi connectivity index (χ3v) is 5.99. The molecule has 1 aromatic heterocycles. The Labute approximate surface area is 131 Å². The Morgan fingerprint density at radius 3 is 2.95 bits per heavy atom. The number of fused-ring (bicyclic) bond motifs is 3. The number of sulfonamides is 1. The molecule has 1 aromatic rings. The predicted molar refractivity (Wildman–Crippen MR) is 79.7 cm³/mol. The van der Waals surface area contributed by atoms with E-state index in [1.807, 2.05) is 0 Å². The van der Waals surface area contributed by atoms with Gasteiger partial charge in [0.15, 0.2) is 5.75 Å². The maximum Gasteiger partial charge on any atom is 0.242 e. The molecule has 21 heavy (non-hydrogen) atoms. The fourth-order valence-corrected chi connectivity index (χ4v) is 4.08. The van der Waals surface area contributed by atoms with Crippen molar-refractivity contribution in [3.05, 3.63) is 16.9 Å². The number of nitrogens with zero attached hydrogens (tertiary/aromatic N) is 3. The molecule has 0 spiro atoms. The van der Waals surface area contributed by atoms with E-state index >= 15 is 0 Å². The summed E-state index contributed by atoms with van der Waals surface area (Å²) in [6.45, 7) is 1.93. The number of anilines is 1. The van der Waals surface area contributed by atoms with Crippen LogP contribution in [-0.2, 0) is 14.8 Å². The summed E-state index contributed by atoms with van der Waals surface area (Å²) in [5.74, 6) is 0.298. The second kappa shape index (κ2) is 5.22. The highest BCUT2D eigenvalue weighted by atomic mass is 79.9. The molecular formula is C12H14BrN3O4S. The fourth-order valence-electron chi connectivity index (χ4n) is 2.57. The van der Waals surface area contributed by atoms with Crippen molar-refractivity contribution in [1.29, 1.82) is 0 Å². The summed E-state index contributed by atoms with van der Waals surface area (Å²) in [5.41, 5.74) is 0.583.